The Morgan fingerprint density at radius 3 is 2.39 bits per heavy atom. The second-order valence-corrected chi connectivity index (χ2v) is 4.33. The third kappa shape index (κ3) is 3.89. The summed E-state index contributed by atoms with van der Waals surface area (Å²) in [6.45, 7) is 4.46. The number of nitrogens with one attached hydrogen (secondary N) is 1. The minimum Gasteiger partial charge on any atom is -0.493 e. The van der Waals surface area contributed by atoms with Gasteiger partial charge in [-0.1, -0.05) is 13.0 Å². The van der Waals surface area contributed by atoms with Crippen LogP contribution in [0.1, 0.15) is 31.9 Å². The van der Waals surface area contributed by atoms with E-state index in [0.717, 1.165) is 23.5 Å². The van der Waals surface area contributed by atoms with Crippen LogP contribution in [-0.4, -0.2) is 32.0 Å². The van der Waals surface area contributed by atoms with E-state index < -0.39 is 0 Å². The number of rotatable bonds is 7. The Morgan fingerprint density at radius 2 is 1.89 bits per heavy atom. The van der Waals surface area contributed by atoms with E-state index in [-0.39, 0.29) is 12.1 Å². The molecule has 0 fully saturated rings. The summed E-state index contributed by atoms with van der Waals surface area (Å²) in [6.07, 6.45) is 0.599. The summed E-state index contributed by atoms with van der Waals surface area (Å²) in [7, 11) is 3.26. The molecule has 0 saturated carbocycles. The third-order valence-electron chi connectivity index (χ3n) is 2.88. The maximum absolute atomic E-state index is 9.32. The molecule has 2 N–H and O–H groups in total. The molecule has 2 atom stereocenters. The summed E-state index contributed by atoms with van der Waals surface area (Å²) in [6, 6.07) is 6.10. The van der Waals surface area contributed by atoms with Gasteiger partial charge in [-0.15, -0.1) is 0 Å². The quantitative estimate of drug-likeness (QED) is 0.781. The fourth-order valence-corrected chi connectivity index (χ4v) is 1.88. The lowest BCUT2D eigenvalue weighted by atomic mass is 10.0. The van der Waals surface area contributed by atoms with E-state index in [4.69, 9.17) is 9.47 Å². The number of hydrogen-bond donors (Lipinski definition) is 2. The fourth-order valence-electron chi connectivity index (χ4n) is 1.88. The molecule has 102 valence electrons. The van der Waals surface area contributed by atoms with Crippen molar-refractivity contribution >= 4 is 0 Å². The van der Waals surface area contributed by atoms with Gasteiger partial charge < -0.3 is 19.9 Å². The molecule has 0 heterocycles. The van der Waals surface area contributed by atoms with Gasteiger partial charge in [-0.3, -0.25) is 0 Å². The van der Waals surface area contributed by atoms with Gasteiger partial charge in [0.25, 0.3) is 0 Å². The van der Waals surface area contributed by atoms with Crippen molar-refractivity contribution in [2.75, 3.05) is 20.8 Å². The standard InChI is InChI=1S/C14H23NO3/c1-5-12(15-9-10(2)16)11-6-7-13(17-3)14(8-11)18-4/h6-8,10,12,15-16H,5,9H2,1-4H3. The van der Waals surface area contributed by atoms with Crippen molar-refractivity contribution in [3.8, 4) is 11.5 Å². The molecule has 4 nitrogen and oxygen atoms in total. The van der Waals surface area contributed by atoms with Gasteiger partial charge in [0.05, 0.1) is 20.3 Å². The largest absolute Gasteiger partial charge is 0.493 e. The third-order valence-corrected chi connectivity index (χ3v) is 2.88. The Morgan fingerprint density at radius 1 is 1.22 bits per heavy atom. The van der Waals surface area contributed by atoms with Crippen LogP contribution in [-0.2, 0) is 0 Å². The van der Waals surface area contributed by atoms with Gasteiger partial charge >= 0.3 is 0 Å². The summed E-state index contributed by atoms with van der Waals surface area (Å²) < 4.78 is 10.5. The molecule has 0 spiro atoms. The first-order valence-corrected chi connectivity index (χ1v) is 6.25. The highest BCUT2D eigenvalue weighted by Crippen LogP contribution is 2.30. The molecule has 18 heavy (non-hydrogen) atoms. The van der Waals surface area contributed by atoms with E-state index in [1.807, 2.05) is 18.2 Å². The zero-order valence-electron chi connectivity index (χ0n) is 11.6. The minimum absolute atomic E-state index is 0.208. The minimum atomic E-state index is -0.348. The molecular formula is C14H23NO3. The van der Waals surface area contributed by atoms with Gasteiger partial charge in [-0.05, 0) is 31.0 Å². The van der Waals surface area contributed by atoms with Gasteiger partial charge in [0.2, 0.25) is 0 Å². The lowest BCUT2D eigenvalue weighted by Crippen LogP contribution is -2.28. The summed E-state index contributed by atoms with van der Waals surface area (Å²) in [5, 5.41) is 12.6. The van der Waals surface area contributed by atoms with Crippen molar-refractivity contribution in [1.82, 2.24) is 5.32 Å². The van der Waals surface area contributed by atoms with Crippen LogP contribution in [0.5, 0.6) is 11.5 Å². The van der Waals surface area contributed by atoms with Crippen molar-refractivity contribution in [3.63, 3.8) is 0 Å². The van der Waals surface area contributed by atoms with Crippen LogP contribution in [0, 0.1) is 0 Å². The highest BCUT2D eigenvalue weighted by molar-refractivity contribution is 5.43. The van der Waals surface area contributed by atoms with Crippen LogP contribution in [0.25, 0.3) is 0 Å². The van der Waals surface area contributed by atoms with Gasteiger partial charge in [-0.25, -0.2) is 0 Å². The van der Waals surface area contributed by atoms with E-state index in [9.17, 15) is 5.11 Å². The number of aliphatic hydroxyl groups is 1. The van der Waals surface area contributed by atoms with Crippen LogP contribution in [0.3, 0.4) is 0 Å². The Hall–Kier alpha value is -1.26. The van der Waals surface area contributed by atoms with Crippen LogP contribution >= 0.6 is 0 Å². The second kappa shape index (κ2) is 7.24. The number of methoxy groups -OCH3 is 2. The Kier molecular flexibility index (Phi) is 5.95. The SMILES string of the molecule is CCC(NCC(C)O)c1ccc(OC)c(OC)c1. The Bertz CT molecular complexity index is 366. The van der Waals surface area contributed by atoms with E-state index in [1.54, 1.807) is 21.1 Å². The average Bonchev–Trinajstić information content (AvgIpc) is 2.38. The zero-order valence-corrected chi connectivity index (χ0v) is 11.6. The second-order valence-electron chi connectivity index (χ2n) is 4.33. The molecule has 0 aliphatic heterocycles. The summed E-state index contributed by atoms with van der Waals surface area (Å²) in [5.41, 5.74) is 1.14. The molecule has 1 aromatic rings. The molecule has 0 aromatic heterocycles. The van der Waals surface area contributed by atoms with Crippen LogP contribution in [0.4, 0.5) is 0 Å². The van der Waals surface area contributed by atoms with E-state index in [2.05, 4.69) is 12.2 Å². The van der Waals surface area contributed by atoms with Crippen molar-refractivity contribution < 1.29 is 14.6 Å². The summed E-state index contributed by atoms with van der Waals surface area (Å²) in [5.74, 6) is 1.46. The van der Waals surface area contributed by atoms with Crippen LogP contribution in [0.2, 0.25) is 0 Å². The average molecular weight is 253 g/mol. The highest BCUT2D eigenvalue weighted by atomic mass is 16.5. The molecule has 2 unspecified atom stereocenters. The van der Waals surface area contributed by atoms with Gasteiger partial charge in [0.1, 0.15) is 0 Å². The Balaban J connectivity index is 2.85. The molecule has 1 aromatic carbocycles. The lowest BCUT2D eigenvalue weighted by molar-refractivity contribution is 0.185. The topological polar surface area (TPSA) is 50.7 Å². The molecule has 4 heteroatoms. The van der Waals surface area contributed by atoms with E-state index >= 15 is 0 Å². The first kappa shape index (κ1) is 14.8. The molecule has 0 saturated heterocycles. The van der Waals surface area contributed by atoms with E-state index in [0.29, 0.717) is 6.54 Å². The molecule has 0 bridgehead atoms. The normalized spacial score (nSPS) is 14.1. The van der Waals surface area contributed by atoms with Gasteiger partial charge in [-0.2, -0.15) is 0 Å². The molecule has 0 aliphatic carbocycles. The number of ether oxygens (including phenoxy) is 2. The number of hydrogen-bond acceptors (Lipinski definition) is 4. The molecule has 0 aliphatic rings. The molecule has 0 radical (unpaired) electrons. The van der Waals surface area contributed by atoms with Crippen molar-refractivity contribution in [3.05, 3.63) is 23.8 Å². The van der Waals surface area contributed by atoms with Crippen molar-refractivity contribution in [2.45, 2.75) is 32.4 Å². The molecular weight excluding hydrogens is 230 g/mol. The van der Waals surface area contributed by atoms with Crippen LogP contribution in [0.15, 0.2) is 18.2 Å². The number of benzene rings is 1. The Labute approximate surface area is 109 Å². The summed E-state index contributed by atoms with van der Waals surface area (Å²) >= 11 is 0. The highest BCUT2D eigenvalue weighted by Gasteiger charge is 2.12. The maximum Gasteiger partial charge on any atom is 0.161 e. The smallest absolute Gasteiger partial charge is 0.161 e. The fraction of sp³-hybridized carbons (Fsp3) is 0.571. The number of aliphatic hydroxyl groups excluding tert-OH is 1. The van der Waals surface area contributed by atoms with E-state index in [1.165, 1.54) is 0 Å². The zero-order chi connectivity index (χ0) is 13.5. The van der Waals surface area contributed by atoms with Gasteiger partial charge in [0.15, 0.2) is 11.5 Å². The van der Waals surface area contributed by atoms with Crippen molar-refractivity contribution in [1.29, 1.82) is 0 Å². The predicted molar refractivity (Wildman–Crippen MR) is 72.3 cm³/mol. The monoisotopic (exact) mass is 253 g/mol. The first-order chi connectivity index (χ1) is 8.62. The van der Waals surface area contributed by atoms with Crippen molar-refractivity contribution in [2.24, 2.45) is 0 Å². The lowest BCUT2D eigenvalue weighted by Gasteiger charge is -2.20. The predicted octanol–water partition coefficient (Wildman–Crippen LogP) is 2.13. The first-order valence-electron chi connectivity index (χ1n) is 6.25. The van der Waals surface area contributed by atoms with Crippen LogP contribution < -0.4 is 14.8 Å². The summed E-state index contributed by atoms with van der Waals surface area (Å²) in [4.78, 5) is 0. The maximum atomic E-state index is 9.32. The van der Waals surface area contributed by atoms with Gasteiger partial charge in [0, 0.05) is 12.6 Å². The molecule has 1 rings (SSSR count). The molecule has 0 amide bonds.